The quantitative estimate of drug-likeness (QED) is 0.476. The fourth-order valence-corrected chi connectivity index (χ4v) is 2.65. The number of anilines is 1. The van der Waals surface area contributed by atoms with Crippen LogP contribution in [-0.2, 0) is 4.74 Å². The average Bonchev–Trinajstić information content (AvgIpc) is 2.59. The van der Waals surface area contributed by atoms with Gasteiger partial charge in [-0.15, -0.1) is 0 Å². The van der Waals surface area contributed by atoms with Crippen LogP contribution in [0.3, 0.4) is 0 Å². The zero-order valence-electron chi connectivity index (χ0n) is 13.2. The first-order valence-corrected chi connectivity index (χ1v) is 7.76. The number of benzene rings is 1. The number of nitro groups is 1. The molecular formula is C15H19N5O4. The summed E-state index contributed by atoms with van der Waals surface area (Å²) in [7, 11) is 0. The Morgan fingerprint density at radius 2 is 2.12 bits per heavy atom. The van der Waals surface area contributed by atoms with Crippen LogP contribution in [0.4, 0.5) is 11.5 Å². The number of ether oxygens (including phenoxy) is 2. The van der Waals surface area contributed by atoms with Crippen LogP contribution < -0.4 is 10.5 Å². The van der Waals surface area contributed by atoms with Crippen molar-refractivity contribution in [3.05, 3.63) is 28.6 Å². The molecule has 1 aromatic heterocycles. The summed E-state index contributed by atoms with van der Waals surface area (Å²) in [6.07, 6.45) is 2.10. The van der Waals surface area contributed by atoms with Gasteiger partial charge in [-0.05, 0) is 6.42 Å². The zero-order valence-corrected chi connectivity index (χ0v) is 13.2. The van der Waals surface area contributed by atoms with Crippen molar-refractivity contribution in [3.8, 4) is 5.75 Å². The van der Waals surface area contributed by atoms with Crippen molar-refractivity contribution in [1.82, 2.24) is 14.9 Å². The number of rotatable bonds is 6. The highest BCUT2D eigenvalue weighted by Crippen LogP contribution is 2.33. The standard InChI is InChI=1S/C15H19N5O4/c16-15-11-8-13(20(21)22)14(9-12(11)17-10-18-15)24-5-1-2-19-3-6-23-7-4-19/h8-10H,1-7H2,(H2,16,17,18). The molecule has 0 spiro atoms. The van der Waals surface area contributed by atoms with Gasteiger partial charge in [0, 0.05) is 37.2 Å². The predicted molar refractivity (Wildman–Crippen MR) is 88.0 cm³/mol. The number of hydrogen-bond acceptors (Lipinski definition) is 8. The van der Waals surface area contributed by atoms with Crippen LogP contribution in [0.2, 0.25) is 0 Å². The van der Waals surface area contributed by atoms with E-state index in [4.69, 9.17) is 15.2 Å². The summed E-state index contributed by atoms with van der Waals surface area (Å²) in [4.78, 5) is 21.0. The van der Waals surface area contributed by atoms with Crippen molar-refractivity contribution in [2.24, 2.45) is 0 Å². The van der Waals surface area contributed by atoms with E-state index in [-0.39, 0.29) is 17.3 Å². The summed E-state index contributed by atoms with van der Waals surface area (Å²) in [6, 6.07) is 2.90. The van der Waals surface area contributed by atoms with E-state index in [2.05, 4.69) is 14.9 Å². The molecule has 0 saturated carbocycles. The molecule has 2 N–H and O–H groups in total. The minimum atomic E-state index is -0.483. The molecule has 0 atom stereocenters. The van der Waals surface area contributed by atoms with Crippen LogP contribution in [0.5, 0.6) is 5.75 Å². The fraction of sp³-hybridized carbons (Fsp3) is 0.467. The first kappa shape index (κ1) is 16.3. The van der Waals surface area contributed by atoms with Gasteiger partial charge >= 0.3 is 5.69 Å². The summed E-state index contributed by atoms with van der Waals surface area (Å²) < 4.78 is 10.9. The monoisotopic (exact) mass is 333 g/mol. The first-order valence-electron chi connectivity index (χ1n) is 7.76. The second-order valence-corrected chi connectivity index (χ2v) is 5.51. The molecule has 0 aliphatic carbocycles. The van der Waals surface area contributed by atoms with E-state index < -0.39 is 4.92 Å². The van der Waals surface area contributed by atoms with E-state index in [9.17, 15) is 10.1 Å². The Morgan fingerprint density at radius 1 is 1.33 bits per heavy atom. The molecule has 0 amide bonds. The number of nitrogen functional groups attached to an aromatic ring is 1. The predicted octanol–water partition coefficient (Wildman–Crippen LogP) is 1.22. The molecule has 0 bridgehead atoms. The third-order valence-corrected chi connectivity index (χ3v) is 3.92. The van der Waals surface area contributed by atoms with Crippen molar-refractivity contribution in [2.75, 3.05) is 45.2 Å². The van der Waals surface area contributed by atoms with Crippen LogP contribution in [0.25, 0.3) is 10.9 Å². The van der Waals surface area contributed by atoms with E-state index in [0.29, 0.717) is 17.5 Å². The summed E-state index contributed by atoms with van der Waals surface area (Å²) in [5.41, 5.74) is 6.14. The van der Waals surface area contributed by atoms with Crippen molar-refractivity contribution in [3.63, 3.8) is 0 Å². The molecule has 24 heavy (non-hydrogen) atoms. The molecule has 1 aliphatic rings. The summed E-state index contributed by atoms with van der Waals surface area (Å²) in [5, 5.41) is 11.7. The number of fused-ring (bicyclic) bond motifs is 1. The lowest BCUT2D eigenvalue weighted by atomic mass is 10.2. The largest absolute Gasteiger partial charge is 0.487 e. The summed E-state index contributed by atoms with van der Waals surface area (Å²) in [5.74, 6) is 0.412. The van der Waals surface area contributed by atoms with E-state index in [0.717, 1.165) is 39.3 Å². The van der Waals surface area contributed by atoms with Crippen LogP contribution in [-0.4, -0.2) is 59.2 Å². The Balaban J connectivity index is 1.68. The van der Waals surface area contributed by atoms with E-state index in [1.165, 1.54) is 12.4 Å². The smallest absolute Gasteiger partial charge is 0.311 e. The highest BCUT2D eigenvalue weighted by atomic mass is 16.6. The Hall–Kier alpha value is -2.52. The molecule has 1 aliphatic heterocycles. The topological polar surface area (TPSA) is 117 Å². The average molecular weight is 333 g/mol. The molecule has 0 unspecified atom stereocenters. The van der Waals surface area contributed by atoms with Gasteiger partial charge in [-0.2, -0.15) is 0 Å². The lowest BCUT2D eigenvalue weighted by Crippen LogP contribution is -2.37. The molecule has 1 aromatic carbocycles. The van der Waals surface area contributed by atoms with Gasteiger partial charge in [0.1, 0.15) is 12.1 Å². The molecule has 2 aromatic rings. The molecule has 2 heterocycles. The maximum absolute atomic E-state index is 11.3. The normalized spacial score (nSPS) is 15.5. The number of morpholine rings is 1. The lowest BCUT2D eigenvalue weighted by molar-refractivity contribution is -0.385. The van der Waals surface area contributed by atoms with Gasteiger partial charge in [0.15, 0.2) is 5.75 Å². The summed E-state index contributed by atoms with van der Waals surface area (Å²) in [6.45, 7) is 4.58. The Bertz CT molecular complexity index is 733. The van der Waals surface area contributed by atoms with Gasteiger partial charge in [0.05, 0.1) is 30.3 Å². The Labute approximate surface area is 138 Å². The van der Waals surface area contributed by atoms with Crippen molar-refractivity contribution >= 4 is 22.4 Å². The lowest BCUT2D eigenvalue weighted by Gasteiger charge is -2.26. The Kier molecular flexibility index (Phi) is 5.02. The van der Waals surface area contributed by atoms with Crippen molar-refractivity contribution in [2.45, 2.75) is 6.42 Å². The van der Waals surface area contributed by atoms with Gasteiger partial charge in [0.2, 0.25) is 0 Å². The molecule has 3 rings (SSSR count). The highest BCUT2D eigenvalue weighted by molar-refractivity contribution is 5.91. The number of nitro benzene ring substituents is 1. The number of nitrogens with two attached hydrogens (primary N) is 1. The molecule has 9 heteroatoms. The Morgan fingerprint density at radius 3 is 2.88 bits per heavy atom. The van der Waals surface area contributed by atoms with E-state index in [1.54, 1.807) is 6.07 Å². The third kappa shape index (κ3) is 3.69. The van der Waals surface area contributed by atoms with E-state index in [1.807, 2.05) is 0 Å². The SMILES string of the molecule is Nc1ncnc2cc(OCCCN3CCOCC3)c([N+](=O)[O-])cc12. The summed E-state index contributed by atoms with van der Waals surface area (Å²) >= 11 is 0. The van der Waals surface area contributed by atoms with Crippen molar-refractivity contribution in [1.29, 1.82) is 0 Å². The molecule has 9 nitrogen and oxygen atoms in total. The fourth-order valence-electron chi connectivity index (χ4n) is 2.65. The number of hydrogen-bond donors (Lipinski definition) is 1. The number of nitrogens with zero attached hydrogens (tertiary/aromatic N) is 4. The van der Waals surface area contributed by atoms with Gasteiger partial charge in [0.25, 0.3) is 0 Å². The molecule has 0 radical (unpaired) electrons. The second kappa shape index (κ2) is 7.37. The van der Waals surface area contributed by atoms with Crippen LogP contribution in [0, 0.1) is 10.1 Å². The molecule has 128 valence electrons. The van der Waals surface area contributed by atoms with Gasteiger partial charge in [-0.3, -0.25) is 15.0 Å². The van der Waals surface area contributed by atoms with Crippen LogP contribution in [0.15, 0.2) is 18.5 Å². The molecule has 1 fully saturated rings. The number of aromatic nitrogens is 2. The van der Waals surface area contributed by atoms with Gasteiger partial charge in [-0.1, -0.05) is 0 Å². The minimum absolute atomic E-state index is 0.129. The zero-order chi connectivity index (χ0) is 16.9. The maximum Gasteiger partial charge on any atom is 0.311 e. The third-order valence-electron chi connectivity index (χ3n) is 3.92. The second-order valence-electron chi connectivity index (χ2n) is 5.51. The van der Waals surface area contributed by atoms with Gasteiger partial charge < -0.3 is 15.2 Å². The highest BCUT2D eigenvalue weighted by Gasteiger charge is 2.19. The maximum atomic E-state index is 11.3. The van der Waals surface area contributed by atoms with Crippen LogP contribution >= 0.6 is 0 Å². The van der Waals surface area contributed by atoms with Crippen molar-refractivity contribution < 1.29 is 14.4 Å². The minimum Gasteiger partial charge on any atom is -0.487 e. The van der Waals surface area contributed by atoms with Gasteiger partial charge in [-0.25, -0.2) is 9.97 Å². The first-order chi connectivity index (χ1) is 11.6. The molecular weight excluding hydrogens is 314 g/mol. The molecule has 1 saturated heterocycles. The van der Waals surface area contributed by atoms with Crippen LogP contribution in [0.1, 0.15) is 6.42 Å². The van der Waals surface area contributed by atoms with E-state index >= 15 is 0 Å².